The summed E-state index contributed by atoms with van der Waals surface area (Å²) in [5.41, 5.74) is 5.04. The second-order valence-electron chi connectivity index (χ2n) is 8.91. The number of nitrogens with one attached hydrogen (secondary N) is 1. The first-order chi connectivity index (χ1) is 17.4. The SMILES string of the molecule is CC1=C2C=C(c3ccccc3O)C=C(NCCCC[I-]S(=O)(=O)c3ccc4ccccc4c3)C2N=C1. The topological polar surface area (TPSA) is 78.8 Å². The molecule has 3 aromatic rings. The van der Waals surface area contributed by atoms with Gasteiger partial charge in [0.25, 0.3) is 0 Å². The summed E-state index contributed by atoms with van der Waals surface area (Å²) in [6.07, 6.45) is 7.82. The Morgan fingerprint density at radius 3 is 2.58 bits per heavy atom. The van der Waals surface area contributed by atoms with E-state index in [4.69, 9.17) is 0 Å². The number of allylic oxidation sites excluding steroid dienone is 3. The Kier molecular flexibility index (Phi) is 7.29. The third-order valence-electron chi connectivity index (χ3n) is 6.41. The second kappa shape index (κ2) is 10.6. The Balaban J connectivity index is 1.18. The molecule has 3 aromatic carbocycles. The van der Waals surface area contributed by atoms with E-state index in [0.29, 0.717) is 4.90 Å². The number of fused-ring (bicyclic) bond motifs is 2. The number of hydrogen-bond donors (Lipinski definition) is 2. The van der Waals surface area contributed by atoms with Crippen molar-refractivity contribution in [3.8, 4) is 5.75 Å². The number of aromatic hydroxyl groups is 1. The van der Waals surface area contributed by atoms with Crippen molar-refractivity contribution >= 4 is 29.6 Å². The fraction of sp³-hybridized carbons (Fsp3) is 0.207. The molecule has 1 atom stereocenters. The molecule has 0 aromatic heterocycles. The monoisotopic (exact) mass is 611 g/mol. The normalized spacial score (nSPS) is 17.3. The van der Waals surface area contributed by atoms with Gasteiger partial charge in [0.15, 0.2) is 0 Å². The molecule has 0 saturated carbocycles. The fourth-order valence-electron chi connectivity index (χ4n) is 4.46. The number of phenols is 1. The number of phenolic OH excluding ortho intramolecular Hbond substituents is 1. The molecule has 1 heterocycles. The van der Waals surface area contributed by atoms with Crippen molar-refractivity contribution in [3.63, 3.8) is 0 Å². The summed E-state index contributed by atoms with van der Waals surface area (Å²) in [6, 6.07) is 20.6. The van der Waals surface area contributed by atoms with Crippen LogP contribution in [-0.2, 0) is 7.01 Å². The average molecular weight is 612 g/mol. The predicted molar refractivity (Wildman–Crippen MR) is 142 cm³/mol. The summed E-state index contributed by atoms with van der Waals surface area (Å²) in [6.45, 7) is 2.80. The molecule has 5 rings (SSSR count). The molecule has 0 amide bonds. The number of halogens is 1. The van der Waals surface area contributed by atoms with Crippen LogP contribution in [0.15, 0.2) is 106 Å². The van der Waals surface area contributed by atoms with E-state index in [-0.39, 0.29) is 11.8 Å². The van der Waals surface area contributed by atoms with Crippen molar-refractivity contribution in [1.82, 2.24) is 5.32 Å². The van der Waals surface area contributed by atoms with Crippen LogP contribution in [-0.4, -0.2) is 36.8 Å². The molecule has 2 aliphatic rings. The zero-order valence-corrected chi connectivity index (χ0v) is 23.0. The zero-order valence-electron chi connectivity index (χ0n) is 20.0. The van der Waals surface area contributed by atoms with Gasteiger partial charge in [0.2, 0.25) is 0 Å². The Hall–Kier alpha value is -2.91. The van der Waals surface area contributed by atoms with Crippen molar-refractivity contribution < 1.29 is 33.3 Å². The van der Waals surface area contributed by atoms with Gasteiger partial charge in [0.05, 0.1) is 0 Å². The summed E-state index contributed by atoms with van der Waals surface area (Å²) >= 11 is -0.986. The van der Waals surface area contributed by atoms with Crippen molar-refractivity contribution in [2.45, 2.75) is 30.7 Å². The first-order valence-electron chi connectivity index (χ1n) is 12.0. The molecule has 0 radical (unpaired) electrons. The Labute approximate surface area is 221 Å². The van der Waals surface area contributed by atoms with Crippen molar-refractivity contribution in [2.75, 3.05) is 11.0 Å². The van der Waals surface area contributed by atoms with Gasteiger partial charge in [0, 0.05) is 0 Å². The summed E-state index contributed by atoms with van der Waals surface area (Å²) in [5.74, 6) is 0.256. The van der Waals surface area contributed by atoms with Gasteiger partial charge in [0.1, 0.15) is 0 Å². The van der Waals surface area contributed by atoms with E-state index >= 15 is 0 Å². The van der Waals surface area contributed by atoms with Gasteiger partial charge in [-0.05, 0) is 0 Å². The molecule has 0 saturated heterocycles. The quantitative estimate of drug-likeness (QED) is 0.169. The molecule has 36 heavy (non-hydrogen) atoms. The van der Waals surface area contributed by atoms with Gasteiger partial charge in [-0.25, -0.2) is 0 Å². The molecule has 186 valence electrons. The number of hydrogen-bond acceptors (Lipinski definition) is 5. The molecule has 0 spiro atoms. The van der Waals surface area contributed by atoms with Crippen LogP contribution in [0.5, 0.6) is 5.75 Å². The van der Waals surface area contributed by atoms with Gasteiger partial charge >= 0.3 is 222 Å². The summed E-state index contributed by atoms with van der Waals surface area (Å²) in [5, 5.41) is 15.9. The standard InChI is InChI=1S/C29H28IN2O3S/c1-20-19-32-29-26(20)17-23(25-10-4-5-11-28(25)33)18-27(29)31-15-7-6-14-30-36(34,35)24-13-12-21-8-2-3-9-22(21)16-24/h2-5,8-13,16-19,29,31,33H,6-7,14-15H2,1H3/q-1. The molecule has 5 nitrogen and oxygen atoms in total. The maximum absolute atomic E-state index is 12.9. The summed E-state index contributed by atoms with van der Waals surface area (Å²) < 4.78 is 26.5. The summed E-state index contributed by atoms with van der Waals surface area (Å²) in [7, 11) is -3.20. The number of nitrogens with zero attached hydrogens (tertiary/aromatic N) is 1. The van der Waals surface area contributed by atoms with Crippen LogP contribution in [0.4, 0.5) is 0 Å². The van der Waals surface area contributed by atoms with E-state index in [1.54, 1.807) is 18.2 Å². The van der Waals surface area contributed by atoms with Crippen molar-refractivity contribution in [1.29, 1.82) is 0 Å². The maximum atomic E-state index is 12.9. The Morgan fingerprint density at radius 1 is 0.972 bits per heavy atom. The predicted octanol–water partition coefficient (Wildman–Crippen LogP) is 2.44. The number of unbranched alkanes of at least 4 members (excludes halogenated alkanes) is 1. The fourth-order valence-corrected chi connectivity index (χ4v) is 10.5. The molecule has 1 aliphatic heterocycles. The third-order valence-corrected chi connectivity index (χ3v) is 13.7. The summed E-state index contributed by atoms with van der Waals surface area (Å²) in [4.78, 5) is 5.10. The van der Waals surface area contributed by atoms with Crippen LogP contribution in [0.2, 0.25) is 0 Å². The first-order valence-corrected chi connectivity index (χ1v) is 17.5. The van der Waals surface area contributed by atoms with Crippen LogP contribution in [0.3, 0.4) is 0 Å². The molecule has 0 bridgehead atoms. The number of rotatable bonds is 9. The van der Waals surface area contributed by atoms with E-state index in [2.05, 4.69) is 29.4 Å². The van der Waals surface area contributed by atoms with Crippen LogP contribution < -0.4 is 25.1 Å². The molecule has 0 fully saturated rings. The van der Waals surface area contributed by atoms with Gasteiger partial charge in [-0.2, -0.15) is 0 Å². The van der Waals surface area contributed by atoms with Crippen molar-refractivity contribution in [2.24, 2.45) is 4.99 Å². The molecule has 1 aliphatic carbocycles. The van der Waals surface area contributed by atoms with E-state index in [1.165, 1.54) is 0 Å². The van der Waals surface area contributed by atoms with Crippen LogP contribution in [0, 0.1) is 0 Å². The molecular weight excluding hydrogens is 583 g/mol. The van der Waals surface area contributed by atoms with Gasteiger partial charge in [-0.3, -0.25) is 0 Å². The first kappa shape index (κ1) is 24.8. The Morgan fingerprint density at radius 2 is 1.75 bits per heavy atom. The number of aliphatic imine (C=N–C) groups is 1. The van der Waals surface area contributed by atoms with Crippen molar-refractivity contribution in [3.05, 3.63) is 101 Å². The van der Waals surface area contributed by atoms with E-state index < -0.39 is 26.8 Å². The number of para-hydroxylation sites is 1. The molecule has 2 N–H and O–H groups in total. The van der Waals surface area contributed by atoms with Gasteiger partial charge in [-0.15, -0.1) is 0 Å². The zero-order chi connectivity index (χ0) is 25.1. The number of alkyl halides is 1. The third kappa shape index (κ3) is 5.27. The van der Waals surface area contributed by atoms with E-state index in [0.717, 1.165) is 62.6 Å². The van der Waals surface area contributed by atoms with E-state index in [1.807, 2.05) is 54.7 Å². The minimum absolute atomic E-state index is 0.0414. The van der Waals surface area contributed by atoms with Crippen LogP contribution in [0.1, 0.15) is 25.3 Å². The average Bonchev–Trinajstić information content (AvgIpc) is 3.26. The Bertz CT molecular complexity index is 1540. The van der Waals surface area contributed by atoms with Gasteiger partial charge in [-0.1, -0.05) is 0 Å². The second-order valence-corrected chi connectivity index (χ2v) is 16.9. The molecular formula is C29H28IN2O3S-. The minimum atomic E-state index is -3.20. The number of benzene rings is 3. The molecule has 7 heteroatoms. The van der Waals surface area contributed by atoms with Crippen LogP contribution >= 0.6 is 0 Å². The molecule has 1 unspecified atom stereocenters. The van der Waals surface area contributed by atoms with Crippen LogP contribution in [0.25, 0.3) is 16.3 Å². The van der Waals surface area contributed by atoms with E-state index in [9.17, 15) is 13.5 Å². The van der Waals surface area contributed by atoms with Gasteiger partial charge < -0.3 is 0 Å².